The molecule has 0 aromatic heterocycles. The van der Waals surface area contributed by atoms with Crippen molar-refractivity contribution < 1.29 is 8.42 Å². The van der Waals surface area contributed by atoms with E-state index >= 15 is 0 Å². The fourth-order valence-corrected chi connectivity index (χ4v) is 4.29. The standard InChI is InChI=1S/C16H26N2O2S/c1-3-13-18(15-8-9-15)21(19,20)16-10-6-14(7-11-16)5-4-12-17-2/h6-7,10-11,15,17H,3-5,8-9,12-13H2,1-2H3. The third-order valence-corrected chi connectivity index (χ3v) is 5.79. The number of aryl methyl sites for hydroxylation is 1. The van der Waals surface area contributed by atoms with Crippen LogP contribution in [0, 0.1) is 0 Å². The van der Waals surface area contributed by atoms with Gasteiger partial charge in [-0.1, -0.05) is 19.1 Å². The molecule has 4 nitrogen and oxygen atoms in total. The van der Waals surface area contributed by atoms with Gasteiger partial charge in [0.05, 0.1) is 4.90 Å². The molecule has 1 aliphatic rings. The van der Waals surface area contributed by atoms with E-state index in [1.807, 2.05) is 26.1 Å². The van der Waals surface area contributed by atoms with E-state index in [1.54, 1.807) is 16.4 Å². The third-order valence-electron chi connectivity index (χ3n) is 3.82. The van der Waals surface area contributed by atoms with E-state index in [2.05, 4.69) is 5.32 Å². The Kier molecular flexibility index (Phi) is 5.79. The van der Waals surface area contributed by atoms with Gasteiger partial charge in [0.2, 0.25) is 10.0 Å². The van der Waals surface area contributed by atoms with Crippen LogP contribution >= 0.6 is 0 Å². The summed E-state index contributed by atoms with van der Waals surface area (Å²) >= 11 is 0. The van der Waals surface area contributed by atoms with Crippen molar-refractivity contribution in [1.82, 2.24) is 9.62 Å². The van der Waals surface area contributed by atoms with E-state index in [4.69, 9.17) is 0 Å². The maximum atomic E-state index is 12.7. The summed E-state index contributed by atoms with van der Waals surface area (Å²) in [4.78, 5) is 0.431. The van der Waals surface area contributed by atoms with Gasteiger partial charge in [0.15, 0.2) is 0 Å². The lowest BCUT2D eigenvalue weighted by Crippen LogP contribution is -2.33. The molecule has 0 atom stereocenters. The lowest BCUT2D eigenvalue weighted by molar-refractivity contribution is 0.403. The number of hydrogen-bond acceptors (Lipinski definition) is 3. The molecule has 1 saturated carbocycles. The Labute approximate surface area is 128 Å². The van der Waals surface area contributed by atoms with Gasteiger partial charge < -0.3 is 5.32 Å². The van der Waals surface area contributed by atoms with Gasteiger partial charge >= 0.3 is 0 Å². The van der Waals surface area contributed by atoms with Crippen LogP contribution in [0.5, 0.6) is 0 Å². The fraction of sp³-hybridized carbons (Fsp3) is 0.625. The minimum atomic E-state index is -3.32. The lowest BCUT2D eigenvalue weighted by atomic mass is 10.1. The molecule has 0 radical (unpaired) electrons. The first-order chi connectivity index (χ1) is 10.1. The van der Waals surface area contributed by atoms with Crippen LogP contribution < -0.4 is 5.32 Å². The minimum Gasteiger partial charge on any atom is -0.320 e. The summed E-state index contributed by atoms with van der Waals surface area (Å²) in [5.41, 5.74) is 1.19. The van der Waals surface area contributed by atoms with Gasteiger partial charge in [-0.2, -0.15) is 4.31 Å². The SMILES string of the molecule is CCCN(C1CC1)S(=O)(=O)c1ccc(CCCNC)cc1. The highest BCUT2D eigenvalue weighted by Gasteiger charge is 2.37. The van der Waals surface area contributed by atoms with Crippen molar-refractivity contribution >= 4 is 10.0 Å². The van der Waals surface area contributed by atoms with Gasteiger partial charge in [-0.3, -0.25) is 0 Å². The highest BCUT2D eigenvalue weighted by atomic mass is 32.2. The topological polar surface area (TPSA) is 49.4 Å². The number of benzene rings is 1. The highest BCUT2D eigenvalue weighted by Crippen LogP contribution is 2.32. The summed E-state index contributed by atoms with van der Waals surface area (Å²) in [5.74, 6) is 0. The Hall–Kier alpha value is -0.910. The summed E-state index contributed by atoms with van der Waals surface area (Å²) in [7, 11) is -1.38. The molecule has 1 N–H and O–H groups in total. The molecule has 0 unspecified atom stereocenters. The Balaban J connectivity index is 2.08. The monoisotopic (exact) mass is 310 g/mol. The third kappa shape index (κ3) is 4.28. The van der Waals surface area contributed by atoms with E-state index in [0.29, 0.717) is 11.4 Å². The molecular formula is C16H26N2O2S. The van der Waals surface area contributed by atoms with Crippen molar-refractivity contribution in [1.29, 1.82) is 0 Å². The average molecular weight is 310 g/mol. The van der Waals surface area contributed by atoms with Gasteiger partial charge in [0.25, 0.3) is 0 Å². The molecule has 1 fully saturated rings. The second-order valence-electron chi connectivity index (χ2n) is 5.70. The van der Waals surface area contributed by atoms with Crippen LogP contribution in [0.15, 0.2) is 29.2 Å². The zero-order chi connectivity index (χ0) is 15.3. The van der Waals surface area contributed by atoms with Crippen molar-refractivity contribution in [3.8, 4) is 0 Å². The number of nitrogens with zero attached hydrogens (tertiary/aromatic N) is 1. The first kappa shape index (κ1) is 16.5. The summed E-state index contributed by atoms with van der Waals surface area (Å²) in [6.07, 6.45) is 4.90. The van der Waals surface area contributed by atoms with Crippen molar-refractivity contribution in [2.24, 2.45) is 0 Å². The number of sulfonamides is 1. The van der Waals surface area contributed by atoms with Crippen molar-refractivity contribution in [2.45, 2.75) is 50.0 Å². The fourth-order valence-electron chi connectivity index (χ4n) is 2.51. The van der Waals surface area contributed by atoms with Crippen LogP contribution in [-0.4, -0.2) is 38.9 Å². The molecule has 0 spiro atoms. The zero-order valence-electron chi connectivity index (χ0n) is 13.0. The first-order valence-electron chi connectivity index (χ1n) is 7.85. The zero-order valence-corrected chi connectivity index (χ0v) is 13.8. The number of nitrogens with one attached hydrogen (secondary N) is 1. The van der Waals surface area contributed by atoms with Crippen LogP contribution in [0.1, 0.15) is 38.2 Å². The number of hydrogen-bond donors (Lipinski definition) is 1. The molecule has 0 bridgehead atoms. The predicted molar refractivity (Wildman–Crippen MR) is 85.9 cm³/mol. The van der Waals surface area contributed by atoms with Crippen LogP contribution in [0.25, 0.3) is 0 Å². The Morgan fingerprint density at radius 2 is 1.90 bits per heavy atom. The molecule has 21 heavy (non-hydrogen) atoms. The molecule has 0 amide bonds. The molecule has 5 heteroatoms. The van der Waals surface area contributed by atoms with Gasteiger partial charge in [-0.25, -0.2) is 8.42 Å². The molecule has 1 aromatic carbocycles. The lowest BCUT2D eigenvalue weighted by Gasteiger charge is -2.21. The molecule has 118 valence electrons. The smallest absolute Gasteiger partial charge is 0.243 e. The predicted octanol–water partition coefficient (Wildman–Crippen LogP) is 2.40. The van der Waals surface area contributed by atoms with E-state index < -0.39 is 10.0 Å². The van der Waals surface area contributed by atoms with Crippen molar-refractivity contribution in [3.63, 3.8) is 0 Å². The first-order valence-corrected chi connectivity index (χ1v) is 9.29. The Morgan fingerprint density at radius 1 is 1.24 bits per heavy atom. The van der Waals surface area contributed by atoms with E-state index in [1.165, 1.54) is 5.56 Å². The van der Waals surface area contributed by atoms with Gasteiger partial charge in [-0.15, -0.1) is 0 Å². The molecule has 2 rings (SSSR count). The summed E-state index contributed by atoms with van der Waals surface area (Å²) in [6, 6.07) is 7.63. The second kappa shape index (κ2) is 7.38. The number of rotatable bonds is 9. The van der Waals surface area contributed by atoms with Crippen LogP contribution in [0.3, 0.4) is 0 Å². The quantitative estimate of drug-likeness (QED) is 0.713. The Morgan fingerprint density at radius 3 is 2.43 bits per heavy atom. The van der Waals surface area contributed by atoms with E-state index in [9.17, 15) is 8.42 Å². The molecular weight excluding hydrogens is 284 g/mol. The van der Waals surface area contributed by atoms with E-state index in [0.717, 1.165) is 38.6 Å². The summed E-state index contributed by atoms with van der Waals surface area (Å²) in [6.45, 7) is 3.62. The van der Waals surface area contributed by atoms with Crippen LogP contribution in [0.2, 0.25) is 0 Å². The van der Waals surface area contributed by atoms with Crippen LogP contribution in [0.4, 0.5) is 0 Å². The highest BCUT2D eigenvalue weighted by molar-refractivity contribution is 7.89. The van der Waals surface area contributed by atoms with Crippen molar-refractivity contribution in [3.05, 3.63) is 29.8 Å². The second-order valence-corrected chi connectivity index (χ2v) is 7.59. The van der Waals surface area contributed by atoms with Crippen LogP contribution in [-0.2, 0) is 16.4 Å². The van der Waals surface area contributed by atoms with Crippen molar-refractivity contribution in [2.75, 3.05) is 20.1 Å². The summed E-state index contributed by atoms with van der Waals surface area (Å²) < 4.78 is 27.1. The van der Waals surface area contributed by atoms with E-state index in [-0.39, 0.29) is 6.04 Å². The maximum Gasteiger partial charge on any atom is 0.243 e. The summed E-state index contributed by atoms with van der Waals surface area (Å²) in [5, 5.41) is 3.12. The molecule has 0 aliphatic heterocycles. The normalized spacial score (nSPS) is 15.6. The molecule has 1 aliphatic carbocycles. The van der Waals surface area contributed by atoms with Gasteiger partial charge in [-0.05, 0) is 63.4 Å². The van der Waals surface area contributed by atoms with Gasteiger partial charge in [0.1, 0.15) is 0 Å². The molecule has 0 saturated heterocycles. The minimum absolute atomic E-state index is 0.227. The largest absolute Gasteiger partial charge is 0.320 e. The Bertz CT molecular complexity index is 536. The molecule has 1 aromatic rings. The maximum absolute atomic E-state index is 12.7. The van der Waals surface area contributed by atoms with Gasteiger partial charge in [0, 0.05) is 12.6 Å². The molecule has 0 heterocycles. The average Bonchev–Trinajstić information content (AvgIpc) is 3.30.